The third kappa shape index (κ3) is 3.57. The average molecular weight is 330 g/mol. The molecule has 3 nitrogen and oxygen atoms in total. The van der Waals surface area contributed by atoms with E-state index in [2.05, 4.69) is 15.2 Å². The van der Waals surface area contributed by atoms with E-state index in [0.717, 1.165) is 17.7 Å². The monoisotopic (exact) mass is 329 g/mol. The Hall–Kier alpha value is -2.66. The van der Waals surface area contributed by atoms with Crippen LogP contribution in [0.1, 0.15) is 11.3 Å². The van der Waals surface area contributed by atoms with Crippen LogP contribution in [0.2, 0.25) is 5.02 Å². The third-order valence-electron chi connectivity index (χ3n) is 3.08. The molecule has 0 fully saturated rings. The lowest BCUT2D eigenvalue weighted by Crippen LogP contribution is -1.98. The fourth-order valence-corrected chi connectivity index (χ4v) is 2.07. The second kappa shape index (κ2) is 6.62. The summed E-state index contributed by atoms with van der Waals surface area (Å²) >= 11 is 5.81. The molecular weight excluding hydrogens is 320 g/mol. The maximum Gasteiger partial charge on any atom is 0.187 e. The smallest absolute Gasteiger partial charge is 0.187 e. The molecule has 0 saturated carbocycles. The van der Waals surface area contributed by atoms with Crippen molar-refractivity contribution in [1.29, 1.82) is 0 Å². The van der Waals surface area contributed by atoms with Crippen LogP contribution in [0, 0.1) is 11.6 Å². The lowest BCUT2D eigenvalue weighted by atomic mass is 10.2. The predicted octanol–water partition coefficient (Wildman–Crippen LogP) is 4.64. The molecule has 0 unspecified atom stereocenters. The van der Waals surface area contributed by atoms with Gasteiger partial charge in [-0.15, -0.1) is 10.2 Å². The Morgan fingerprint density at radius 2 is 1.57 bits per heavy atom. The highest BCUT2D eigenvalue weighted by molar-refractivity contribution is 6.30. The molecule has 6 heteroatoms. The number of hydrogen-bond acceptors (Lipinski definition) is 3. The van der Waals surface area contributed by atoms with Crippen LogP contribution in [0.3, 0.4) is 0 Å². The summed E-state index contributed by atoms with van der Waals surface area (Å²) in [6.07, 6.45) is 4.91. The zero-order chi connectivity index (χ0) is 16.2. The molecule has 2 aromatic carbocycles. The SMILES string of the molecule is Fc1cccc(F)c1-c1ncc(/C=C/c2ccc(Cl)cc2)nn1. The first-order valence-corrected chi connectivity index (χ1v) is 7.09. The van der Waals surface area contributed by atoms with E-state index in [0.29, 0.717) is 10.7 Å². The van der Waals surface area contributed by atoms with Crippen LogP contribution in [-0.2, 0) is 0 Å². The molecule has 0 N–H and O–H groups in total. The van der Waals surface area contributed by atoms with Crippen LogP contribution in [0.25, 0.3) is 23.5 Å². The lowest BCUT2D eigenvalue weighted by molar-refractivity contribution is 0.586. The van der Waals surface area contributed by atoms with E-state index >= 15 is 0 Å². The molecule has 114 valence electrons. The molecule has 23 heavy (non-hydrogen) atoms. The summed E-state index contributed by atoms with van der Waals surface area (Å²) in [5, 5.41) is 8.35. The number of halogens is 3. The van der Waals surface area contributed by atoms with Gasteiger partial charge in [0.05, 0.1) is 11.8 Å². The molecule has 3 aromatic rings. The molecule has 0 bridgehead atoms. The minimum Gasteiger partial charge on any atom is -0.233 e. The Bertz CT molecular complexity index is 826. The van der Waals surface area contributed by atoms with Gasteiger partial charge in [0.25, 0.3) is 0 Å². The molecule has 1 aromatic heterocycles. The zero-order valence-corrected chi connectivity index (χ0v) is 12.5. The Balaban J connectivity index is 1.83. The van der Waals surface area contributed by atoms with Gasteiger partial charge in [-0.2, -0.15) is 0 Å². The van der Waals surface area contributed by atoms with Gasteiger partial charge < -0.3 is 0 Å². The van der Waals surface area contributed by atoms with Crippen molar-refractivity contribution in [1.82, 2.24) is 15.2 Å². The van der Waals surface area contributed by atoms with Gasteiger partial charge in [-0.05, 0) is 35.9 Å². The summed E-state index contributed by atoms with van der Waals surface area (Å²) in [6, 6.07) is 10.8. The van der Waals surface area contributed by atoms with E-state index in [4.69, 9.17) is 11.6 Å². The predicted molar refractivity (Wildman–Crippen MR) is 85.6 cm³/mol. The Morgan fingerprint density at radius 3 is 2.17 bits per heavy atom. The highest BCUT2D eigenvalue weighted by Crippen LogP contribution is 2.21. The zero-order valence-electron chi connectivity index (χ0n) is 11.7. The summed E-state index contributed by atoms with van der Waals surface area (Å²) in [4.78, 5) is 3.97. The van der Waals surface area contributed by atoms with Crippen LogP contribution >= 0.6 is 11.6 Å². The first kappa shape index (κ1) is 15.2. The summed E-state index contributed by atoms with van der Waals surface area (Å²) in [5.41, 5.74) is 1.12. The number of benzene rings is 2. The normalized spacial score (nSPS) is 11.1. The van der Waals surface area contributed by atoms with Crippen molar-refractivity contribution in [2.75, 3.05) is 0 Å². The highest BCUT2D eigenvalue weighted by atomic mass is 35.5. The number of aromatic nitrogens is 3. The van der Waals surface area contributed by atoms with Crippen LogP contribution in [0.15, 0.2) is 48.7 Å². The maximum atomic E-state index is 13.7. The number of nitrogens with zero attached hydrogens (tertiary/aromatic N) is 3. The Morgan fingerprint density at radius 1 is 0.870 bits per heavy atom. The third-order valence-corrected chi connectivity index (χ3v) is 3.33. The first-order chi connectivity index (χ1) is 11.1. The molecule has 0 spiro atoms. The Kier molecular flexibility index (Phi) is 4.39. The number of hydrogen-bond donors (Lipinski definition) is 0. The van der Waals surface area contributed by atoms with Gasteiger partial charge >= 0.3 is 0 Å². The van der Waals surface area contributed by atoms with E-state index in [1.165, 1.54) is 12.3 Å². The van der Waals surface area contributed by atoms with Gasteiger partial charge in [0.15, 0.2) is 5.82 Å². The van der Waals surface area contributed by atoms with E-state index < -0.39 is 11.6 Å². The fourth-order valence-electron chi connectivity index (χ4n) is 1.94. The van der Waals surface area contributed by atoms with Crippen molar-refractivity contribution < 1.29 is 8.78 Å². The van der Waals surface area contributed by atoms with Gasteiger partial charge in [0.2, 0.25) is 0 Å². The number of rotatable bonds is 3. The van der Waals surface area contributed by atoms with Crippen molar-refractivity contribution in [3.05, 3.63) is 76.6 Å². The molecular formula is C17H10ClF2N3. The molecule has 0 amide bonds. The van der Waals surface area contributed by atoms with Crippen LogP contribution in [0.4, 0.5) is 8.78 Å². The van der Waals surface area contributed by atoms with Gasteiger partial charge in [-0.3, -0.25) is 0 Å². The maximum absolute atomic E-state index is 13.7. The minimum atomic E-state index is -0.726. The van der Waals surface area contributed by atoms with Crippen molar-refractivity contribution in [2.45, 2.75) is 0 Å². The molecule has 0 aliphatic carbocycles. The van der Waals surface area contributed by atoms with Gasteiger partial charge in [0.1, 0.15) is 17.3 Å². The van der Waals surface area contributed by atoms with E-state index in [-0.39, 0.29) is 11.4 Å². The average Bonchev–Trinajstić information content (AvgIpc) is 2.55. The van der Waals surface area contributed by atoms with Crippen LogP contribution in [-0.4, -0.2) is 15.2 Å². The van der Waals surface area contributed by atoms with Crippen molar-refractivity contribution in [3.8, 4) is 11.4 Å². The lowest BCUT2D eigenvalue weighted by Gasteiger charge is -2.02. The van der Waals surface area contributed by atoms with Gasteiger partial charge in [-0.1, -0.05) is 35.9 Å². The summed E-state index contributed by atoms with van der Waals surface area (Å²) in [5.74, 6) is -1.54. The molecule has 0 radical (unpaired) electrons. The fraction of sp³-hybridized carbons (Fsp3) is 0. The molecule has 0 saturated heterocycles. The quantitative estimate of drug-likeness (QED) is 0.702. The standard InChI is InChI=1S/C17H10ClF2N3/c18-12-7-4-11(5-8-12)6-9-13-10-21-17(23-22-13)16-14(19)2-1-3-15(16)20/h1-10H/b9-6+. The van der Waals surface area contributed by atoms with Crippen molar-refractivity contribution >= 4 is 23.8 Å². The second-order valence-corrected chi connectivity index (χ2v) is 5.12. The van der Waals surface area contributed by atoms with Gasteiger partial charge in [0, 0.05) is 5.02 Å². The molecule has 0 aliphatic rings. The van der Waals surface area contributed by atoms with E-state index in [1.807, 2.05) is 18.2 Å². The molecule has 1 heterocycles. The van der Waals surface area contributed by atoms with Gasteiger partial charge in [-0.25, -0.2) is 13.8 Å². The van der Waals surface area contributed by atoms with Crippen molar-refractivity contribution in [3.63, 3.8) is 0 Å². The van der Waals surface area contributed by atoms with Crippen LogP contribution in [0.5, 0.6) is 0 Å². The minimum absolute atomic E-state index is 0.0933. The van der Waals surface area contributed by atoms with Crippen molar-refractivity contribution in [2.24, 2.45) is 0 Å². The highest BCUT2D eigenvalue weighted by Gasteiger charge is 2.13. The molecule has 0 atom stereocenters. The van der Waals surface area contributed by atoms with E-state index in [9.17, 15) is 8.78 Å². The summed E-state index contributed by atoms with van der Waals surface area (Å²) in [6.45, 7) is 0. The topological polar surface area (TPSA) is 38.7 Å². The van der Waals surface area contributed by atoms with Crippen LogP contribution < -0.4 is 0 Å². The largest absolute Gasteiger partial charge is 0.233 e. The molecule has 0 aliphatic heterocycles. The Labute approximate surface area is 136 Å². The molecule has 3 rings (SSSR count). The second-order valence-electron chi connectivity index (χ2n) is 4.69. The van der Waals surface area contributed by atoms with E-state index in [1.54, 1.807) is 18.2 Å². The summed E-state index contributed by atoms with van der Waals surface area (Å²) < 4.78 is 27.3. The first-order valence-electron chi connectivity index (χ1n) is 6.71. The summed E-state index contributed by atoms with van der Waals surface area (Å²) in [7, 11) is 0.